The number of halogens is 1. The van der Waals surface area contributed by atoms with E-state index in [0.29, 0.717) is 6.61 Å². The van der Waals surface area contributed by atoms with Gasteiger partial charge < -0.3 is 10.1 Å². The van der Waals surface area contributed by atoms with E-state index in [0.717, 1.165) is 18.5 Å². The van der Waals surface area contributed by atoms with Crippen LogP contribution in [0.25, 0.3) is 0 Å². The Morgan fingerprint density at radius 2 is 2.31 bits per heavy atom. The van der Waals surface area contributed by atoms with Crippen molar-refractivity contribution in [2.75, 3.05) is 13.2 Å². The van der Waals surface area contributed by atoms with Crippen LogP contribution in [0.15, 0.2) is 24.3 Å². The molecule has 0 aliphatic carbocycles. The largest absolute Gasteiger partial charge is 0.375 e. The second-order valence-electron chi connectivity index (χ2n) is 5.03. The molecule has 1 unspecified atom stereocenters. The van der Waals surface area contributed by atoms with E-state index in [1.165, 1.54) is 6.07 Å². The molecule has 88 valence electrons. The Labute approximate surface area is 95.8 Å². The molecule has 1 aliphatic rings. The molecule has 0 saturated carbocycles. The second-order valence-corrected chi connectivity index (χ2v) is 5.03. The van der Waals surface area contributed by atoms with Gasteiger partial charge in [-0.1, -0.05) is 12.1 Å². The number of nitrogens with one attached hydrogen (secondary N) is 1. The van der Waals surface area contributed by atoms with Gasteiger partial charge in [-0.25, -0.2) is 4.39 Å². The van der Waals surface area contributed by atoms with Gasteiger partial charge in [0, 0.05) is 12.1 Å². The van der Waals surface area contributed by atoms with Crippen LogP contribution in [0.3, 0.4) is 0 Å². The van der Waals surface area contributed by atoms with Crippen LogP contribution in [0.1, 0.15) is 19.4 Å². The molecule has 0 aromatic heterocycles. The Morgan fingerprint density at radius 3 is 2.94 bits per heavy atom. The predicted molar refractivity (Wildman–Crippen MR) is 61.9 cm³/mol. The molecule has 1 N–H and O–H groups in total. The normalized spacial score (nSPS) is 24.3. The molecule has 1 atom stereocenters. The minimum absolute atomic E-state index is 0.0540. The third kappa shape index (κ3) is 3.03. The van der Waals surface area contributed by atoms with Crippen LogP contribution in [0.4, 0.5) is 4.39 Å². The lowest BCUT2D eigenvalue weighted by atomic mass is 10.0. The first kappa shape index (κ1) is 11.6. The molecule has 1 fully saturated rings. The molecule has 1 aromatic carbocycles. The maximum atomic E-state index is 13.0. The maximum Gasteiger partial charge on any atom is 0.123 e. The fourth-order valence-corrected chi connectivity index (χ4v) is 1.88. The van der Waals surface area contributed by atoms with Crippen LogP contribution in [-0.2, 0) is 11.2 Å². The summed E-state index contributed by atoms with van der Waals surface area (Å²) >= 11 is 0. The average Bonchev–Trinajstić information content (AvgIpc) is 2.21. The van der Waals surface area contributed by atoms with Crippen molar-refractivity contribution in [2.24, 2.45) is 0 Å². The zero-order chi connectivity index (χ0) is 11.6. The molecule has 1 heterocycles. The number of hydrogen-bond donors (Lipinski definition) is 1. The molecular weight excluding hydrogens is 205 g/mol. The van der Waals surface area contributed by atoms with Gasteiger partial charge in [0.1, 0.15) is 5.82 Å². The summed E-state index contributed by atoms with van der Waals surface area (Å²) in [6.07, 6.45) is 0.913. The lowest BCUT2D eigenvalue weighted by Crippen LogP contribution is -2.53. The molecule has 2 nitrogen and oxygen atoms in total. The van der Waals surface area contributed by atoms with Gasteiger partial charge in [-0.15, -0.1) is 0 Å². The fraction of sp³-hybridized carbons (Fsp3) is 0.538. The lowest BCUT2D eigenvalue weighted by molar-refractivity contribution is -0.0207. The minimum atomic E-state index is -0.179. The highest BCUT2D eigenvalue weighted by Crippen LogP contribution is 2.15. The third-order valence-electron chi connectivity index (χ3n) is 2.84. The predicted octanol–water partition coefficient (Wildman–Crippen LogP) is 2.14. The Morgan fingerprint density at radius 1 is 1.50 bits per heavy atom. The number of morpholine rings is 1. The van der Waals surface area contributed by atoms with Crippen molar-refractivity contribution >= 4 is 0 Å². The van der Waals surface area contributed by atoms with Crippen LogP contribution in [0.2, 0.25) is 0 Å². The molecule has 16 heavy (non-hydrogen) atoms. The van der Waals surface area contributed by atoms with Crippen LogP contribution in [-0.4, -0.2) is 24.8 Å². The summed E-state index contributed by atoms with van der Waals surface area (Å²) < 4.78 is 18.7. The molecule has 1 saturated heterocycles. The van der Waals surface area contributed by atoms with Crippen molar-refractivity contribution in [2.45, 2.75) is 31.9 Å². The topological polar surface area (TPSA) is 21.3 Å². The highest BCUT2D eigenvalue weighted by Gasteiger charge is 2.26. The van der Waals surface area contributed by atoms with Gasteiger partial charge in [0.25, 0.3) is 0 Å². The minimum Gasteiger partial charge on any atom is -0.375 e. The van der Waals surface area contributed by atoms with Crippen molar-refractivity contribution in [3.8, 4) is 0 Å². The number of hydrogen-bond acceptors (Lipinski definition) is 2. The van der Waals surface area contributed by atoms with E-state index in [1.807, 2.05) is 6.07 Å². The van der Waals surface area contributed by atoms with E-state index in [-0.39, 0.29) is 17.5 Å². The first-order valence-electron chi connectivity index (χ1n) is 5.66. The van der Waals surface area contributed by atoms with Gasteiger partial charge in [-0.05, 0) is 38.0 Å². The molecular formula is C13H18FNO. The molecule has 0 bridgehead atoms. The van der Waals surface area contributed by atoms with Crippen molar-refractivity contribution in [1.29, 1.82) is 0 Å². The van der Waals surface area contributed by atoms with Gasteiger partial charge in [-0.3, -0.25) is 0 Å². The van der Waals surface area contributed by atoms with E-state index in [9.17, 15) is 4.39 Å². The van der Waals surface area contributed by atoms with Gasteiger partial charge >= 0.3 is 0 Å². The summed E-state index contributed by atoms with van der Waals surface area (Å²) in [4.78, 5) is 0. The SMILES string of the molecule is CC1(C)COC(Cc2cccc(F)c2)CN1. The second kappa shape index (κ2) is 4.52. The first-order valence-corrected chi connectivity index (χ1v) is 5.66. The van der Waals surface area contributed by atoms with Crippen molar-refractivity contribution in [3.63, 3.8) is 0 Å². The smallest absolute Gasteiger partial charge is 0.123 e. The Kier molecular flexibility index (Phi) is 3.26. The zero-order valence-corrected chi connectivity index (χ0v) is 9.79. The van der Waals surface area contributed by atoms with Crippen LogP contribution in [0.5, 0.6) is 0 Å². The van der Waals surface area contributed by atoms with Crippen molar-refractivity contribution in [1.82, 2.24) is 5.32 Å². The molecule has 1 aromatic rings. The summed E-state index contributed by atoms with van der Waals surface area (Å²) in [5.41, 5.74) is 1.05. The standard InChI is InChI=1S/C13H18FNO/c1-13(2)9-16-12(8-15-13)7-10-4-3-5-11(14)6-10/h3-6,12,15H,7-9H2,1-2H3. The molecule has 0 radical (unpaired) electrons. The zero-order valence-electron chi connectivity index (χ0n) is 9.79. The number of ether oxygens (including phenoxy) is 1. The molecule has 3 heteroatoms. The highest BCUT2D eigenvalue weighted by atomic mass is 19.1. The average molecular weight is 223 g/mol. The Hall–Kier alpha value is -0.930. The van der Waals surface area contributed by atoms with Gasteiger partial charge in [-0.2, -0.15) is 0 Å². The Balaban J connectivity index is 1.92. The van der Waals surface area contributed by atoms with Crippen molar-refractivity contribution < 1.29 is 9.13 Å². The summed E-state index contributed by atoms with van der Waals surface area (Å²) in [5.74, 6) is -0.179. The Bertz CT molecular complexity index is 355. The molecule has 1 aliphatic heterocycles. The summed E-state index contributed by atoms with van der Waals surface area (Å²) in [6.45, 7) is 5.76. The summed E-state index contributed by atoms with van der Waals surface area (Å²) in [6, 6.07) is 6.72. The number of rotatable bonds is 2. The molecule has 0 amide bonds. The van der Waals surface area contributed by atoms with E-state index in [2.05, 4.69) is 19.2 Å². The molecule has 2 rings (SSSR count). The van der Waals surface area contributed by atoms with Gasteiger partial charge in [0.05, 0.1) is 12.7 Å². The summed E-state index contributed by atoms with van der Waals surface area (Å²) in [7, 11) is 0. The van der Waals surface area contributed by atoms with E-state index < -0.39 is 0 Å². The molecule has 0 spiro atoms. The third-order valence-corrected chi connectivity index (χ3v) is 2.84. The maximum absolute atomic E-state index is 13.0. The van der Waals surface area contributed by atoms with Gasteiger partial charge in [0.2, 0.25) is 0 Å². The quantitative estimate of drug-likeness (QED) is 0.829. The monoisotopic (exact) mass is 223 g/mol. The lowest BCUT2D eigenvalue weighted by Gasteiger charge is -2.36. The van der Waals surface area contributed by atoms with E-state index in [4.69, 9.17) is 4.74 Å². The first-order chi connectivity index (χ1) is 7.55. The summed E-state index contributed by atoms with van der Waals surface area (Å²) in [5, 5.41) is 3.42. The van der Waals surface area contributed by atoms with Crippen LogP contribution < -0.4 is 5.32 Å². The van der Waals surface area contributed by atoms with Crippen LogP contribution >= 0.6 is 0 Å². The van der Waals surface area contributed by atoms with E-state index in [1.54, 1.807) is 12.1 Å². The van der Waals surface area contributed by atoms with Crippen LogP contribution in [0, 0.1) is 5.82 Å². The fourth-order valence-electron chi connectivity index (χ4n) is 1.88. The van der Waals surface area contributed by atoms with E-state index >= 15 is 0 Å². The van der Waals surface area contributed by atoms with Gasteiger partial charge in [0.15, 0.2) is 0 Å². The highest BCUT2D eigenvalue weighted by molar-refractivity contribution is 5.17. The van der Waals surface area contributed by atoms with Crippen molar-refractivity contribution in [3.05, 3.63) is 35.6 Å². The number of benzene rings is 1.